The summed E-state index contributed by atoms with van der Waals surface area (Å²) < 4.78 is 19.2. The van der Waals surface area contributed by atoms with Gasteiger partial charge in [-0.2, -0.15) is 0 Å². The average Bonchev–Trinajstić information content (AvgIpc) is 2.29. The number of pyridine rings is 1. The second kappa shape index (κ2) is 5.16. The van der Waals surface area contributed by atoms with Crippen LogP contribution in [0.2, 0.25) is 5.02 Å². The van der Waals surface area contributed by atoms with Gasteiger partial charge in [-0.25, -0.2) is 9.37 Å². The maximum Gasteiger partial charge on any atom is 0.167 e. The van der Waals surface area contributed by atoms with E-state index in [-0.39, 0.29) is 12.1 Å². The van der Waals surface area contributed by atoms with Crippen LogP contribution in [0.25, 0.3) is 0 Å². The second-order valence-electron chi connectivity index (χ2n) is 4.17. The molecule has 1 aromatic heterocycles. The molecule has 0 radical (unpaired) electrons. The summed E-state index contributed by atoms with van der Waals surface area (Å²) in [4.78, 5) is 5.85. The third-order valence-electron chi connectivity index (χ3n) is 2.77. The van der Waals surface area contributed by atoms with Crippen LogP contribution in [-0.4, -0.2) is 36.8 Å². The number of nitrogens with zero attached hydrogens (tertiary/aromatic N) is 2. The molecule has 2 atom stereocenters. The Morgan fingerprint density at radius 2 is 2.47 bits per heavy atom. The summed E-state index contributed by atoms with van der Waals surface area (Å²) in [6.45, 7) is 3.55. The van der Waals surface area contributed by atoms with Crippen molar-refractivity contribution in [1.82, 2.24) is 4.98 Å². The number of ether oxygens (including phenoxy) is 1. The molecule has 1 saturated heterocycles. The number of rotatable bonds is 2. The van der Waals surface area contributed by atoms with Crippen molar-refractivity contribution in [2.45, 2.75) is 19.1 Å². The molecule has 0 aliphatic carbocycles. The summed E-state index contributed by atoms with van der Waals surface area (Å²) in [6.07, 6.45) is 1.34. The fourth-order valence-corrected chi connectivity index (χ4v) is 1.97. The molecule has 2 N–H and O–H groups in total. The molecule has 2 rings (SSSR count). The van der Waals surface area contributed by atoms with Crippen molar-refractivity contribution >= 4 is 17.4 Å². The molecule has 1 fully saturated rings. The molecule has 94 valence electrons. The van der Waals surface area contributed by atoms with Crippen molar-refractivity contribution in [1.29, 1.82) is 0 Å². The summed E-state index contributed by atoms with van der Waals surface area (Å²) in [7, 11) is 0. The van der Waals surface area contributed by atoms with E-state index < -0.39 is 5.82 Å². The van der Waals surface area contributed by atoms with Crippen molar-refractivity contribution in [3.8, 4) is 0 Å². The quantitative estimate of drug-likeness (QED) is 0.873. The lowest BCUT2D eigenvalue weighted by atomic mass is 10.1. The van der Waals surface area contributed by atoms with Crippen LogP contribution in [-0.2, 0) is 4.74 Å². The van der Waals surface area contributed by atoms with Gasteiger partial charge in [-0.15, -0.1) is 0 Å². The maximum absolute atomic E-state index is 13.7. The zero-order chi connectivity index (χ0) is 12.4. The van der Waals surface area contributed by atoms with Gasteiger partial charge in [0.2, 0.25) is 0 Å². The molecule has 1 aliphatic heterocycles. The number of hydrogen-bond acceptors (Lipinski definition) is 4. The van der Waals surface area contributed by atoms with Gasteiger partial charge in [0.15, 0.2) is 11.6 Å². The van der Waals surface area contributed by atoms with Crippen LogP contribution < -0.4 is 10.6 Å². The number of hydrogen-bond donors (Lipinski definition) is 1. The molecule has 0 bridgehead atoms. The Morgan fingerprint density at radius 3 is 3.12 bits per heavy atom. The summed E-state index contributed by atoms with van der Waals surface area (Å²) in [5.41, 5.74) is 5.78. The van der Waals surface area contributed by atoms with Gasteiger partial charge >= 0.3 is 0 Å². The molecular weight excluding hydrogens is 245 g/mol. The van der Waals surface area contributed by atoms with E-state index in [0.717, 1.165) is 0 Å². The Balaban J connectivity index is 2.16. The van der Waals surface area contributed by atoms with Gasteiger partial charge in [-0.05, 0) is 13.0 Å². The first-order chi connectivity index (χ1) is 8.08. The number of anilines is 1. The normalized spacial score (nSPS) is 22.6. The largest absolute Gasteiger partial charge is 0.373 e. The number of morpholine rings is 1. The lowest BCUT2D eigenvalue weighted by molar-refractivity contribution is 0.0271. The van der Waals surface area contributed by atoms with E-state index in [1.54, 1.807) is 0 Å². The number of halogens is 2. The van der Waals surface area contributed by atoms with Crippen molar-refractivity contribution in [3.63, 3.8) is 0 Å². The van der Waals surface area contributed by atoms with Crippen LogP contribution in [0.1, 0.15) is 6.92 Å². The van der Waals surface area contributed by atoms with Crippen LogP contribution in [0.5, 0.6) is 0 Å². The maximum atomic E-state index is 13.7. The fourth-order valence-electron chi connectivity index (χ4n) is 1.83. The van der Waals surface area contributed by atoms with Gasteiger partial charge < -0.3 is 15.4 Å². The Hall–Kier alpha value is -0.910. The molecule has 6 heteroatoms. The molecule has 17 heavy (non-hydrogen) atoms. The van der Waals surface area contributed by atoms with Gasteiger partial charge in [-0.1, -0.05) is 11.6 Å². The lowest BCUT2D eigenvalue weighted by Crippen LogP contribution is -2.50. The molecule has 0 saturated carbocycles. The predicted octanol–water partition coefficient (Wildman–Crippen LogP) is 1.43. The average molecular weight is 260 g/mol. The van der Waals surface area contributed by atoms with Crippen LogP contribution in [0, 0.1) is 5.82 Å². The van der Waals surface area contributed by atoms with Crippen LogP contribution in [0.3, 0.4) is 0 Å². The van der Waals surface area contributed by atoms with Crippen LogP contribution in [0.4, 0.5) is 10.2 Å². The Labute approximate surface area is 105 Å². The molecule has 0 spiro atoms. The van der Waals surface area contributed by atoms with E-state index in [2.05, 4.69) is 4.98 Å². The molecule has 2 heterocycles. The monoisotopic (exact) mass is 259 g/mol. The van der Waals surface area contributed by atoms with Crippen LogP contribution in [0.15, 0.2) is 12.3 Å². The topological polar surface area (TPSA) is 51.4 Å². The molecule has 1 aliphatic rings. The highest BCUT2D eigenvalue weighted by atomic mass is 35.5. The smallest absolute Gasteiger partial charge is 0.167 e. The highest BCUT2D eigenvalue weighted by Crippen LogP contribution is 2.22. The third-order valence-corrected chi connectivity index (χ3v) is 2.97. The lowest BCUT2D eigenvalue weighted by Gasteiger charge is -2.35. The first-order valence-corrected chi connectivity index (χ1v) is 5.89. The van der Waals surface area contributed by atoms with Gasteiger partial charge in [-0.3, -0.25) is 0 Å². The first kappa shape index (κ1) is 12.5. The summed E-state index contributed by atoms with van der Waals surface area (Å²) >= 11 is 5.67. The Kier molecular flexibility index (Phi) is 3.81. The van der Waals surface area contributed by atoms with Crippen molar-refractivity contribution in [2.75, 3.05) is 24.6 Å². The highest BCUT2D eigenvalue weighted by Gasteiger charge is 2.25. The van der Waals surface area contributed by atoms with Crippen molar-refractivity contribution in [2.24, 2.45) is 5.73 Å². The number of nitrogens with two attached hydrogens (primary N) is 1. The van der Waals surface area contributed by atoms with E-state index in [9.17, 15) is 4.39 Å². The van der Waals surface area contributed by atoms with Crippen molar-refractivity contribution < 1.29 is 9.13 Å². The SMILES string of the molecule is CC(N)C1CN(c2ncc(Cl)cc2F)CCO1. The van der Waals surface area contributed by atoms with E-state index in [4.69, 9.17) is 22.1 Å². The van der Waals surface area contributed by atoms with Crippen molar-refractivity contribution in [3.05, 3.63) is 23.1 Å². The van der Waals surface area contributed by atoms with Gasteiger partial charge in [0.05, 0.1) is 17.7 Å². The molecule has 1 aromatic rings. The summed E-state index contributed by atoms with van der Waals surface area (Å²) in [6, 6.07) is 1.17. The van der Waals surface area contributed by atoms with Crippen LogP contribution >= 0.6 is 11.6 Å². The fraction of sp³-hybridized carbons (Fsp3) is 0.545. The Morgan fingerprint density at radius 1 is 1.71 bits per heavy atom. The standard InChI is InChI=1S/C11H15ClFN3O/c1-7(14)10-6-16(2-3-17-10)11-9(13)4-8(12)5-15-11/h4-5,7,10H,2-3,6,14H2,1H3. The van der Waals surface area contributed by atoms with E-state index >= 15 is 0 Å². The van der Waals surface area contributed by atoms with E-state index in [0.29, 0.717) is 30.5 Å². The van der Waals surface area contributed by atoms with Gasteiger partial charge in [0, 0.05) is 25.3 Å². The molecule has 2 unspecified atom stereocenters. The highest BCUT2D eigenvalue weighted by molar-refractivity contribution is 6.30. The zero-order valence-electron chi connectivity index (χ0n) is 9.57. The van der Waals surface area contributed by atoms with E-state index in [1.165, 1.54) is 12.3 Å². The second-order valence-corrected chi connectivity index (χ2v) is 4.61. The predicted molar refractivity (Wildman–Crippen MR) is 64.8 cm³/mol. The number of aromatic nitrogens is 1. The minimum atomic E-state index is -0.414. The molecule has 0 aromatic carbocycles. The molecular formula is C11H15ClFN3O. The van der Waals surface area contributed by atoms with Gasteiger partial charge in [0.25, 0.3) is 0 Å². The molecule has 4 nitrogen and oxygen atoms in total. The summed E-state index contributed by atoms with van der Waals surface area (Å²) in [5.74, 6) is -0.105. The van der Waals surface area contributed by atoms with Gasteiger partial charge in [0.1, 0.15) is 0 Å². The third kappa shape index (κ3) is 2.86. The van der Waals surface area contributed by atoms with E-state index in [1.807, 2.05) is 11.8 Å². The molecule has 0 amide bonds. The minimum absolute atomic E-state index is 0.0897. The summed E-state index contributed by atoms with van der Waals surface area (Å²) in [5, 5.41) is 0.295. The minimum Gasteiger partial charge on any atom is -0.373 e. The Bertz CT molecular complexity index is 402. The zero-order valence-corrected chi connectivity index (χ0v) is 10.3. The first-order valence-electron chi connectivity index (χ1n) is 5.51.